The molecule has 0 unspecified atom stereocenters. The number of ether oxygens (including phenoxy) is 1. The second-order valence-corrected chi connectivity index (χ2v) is 5.79. The van der Waals surface area contributed by atoms with Gasteiger partial charge in [-0.2, -0.15) is 0 Å². The van der Waals surface area contributed by atoms with Crippen LogP contribution in [0, 0.1) is 0 Å². The minimum atomic E-state index is 0.00769. The predicted octanol–water partition coefficient (Wildman–Crippen LogP) is 1.73. The predicted molar refractivity (Wildman–Crippen MR) is 74.5 cm³/mol. The third-order valence-corrected chi connectivity index (χ3v) is 4.59. The topological polar surface area (TPSA) is 45.9 Å². The summed E-state index contributed by atoms with van der Waals surface area (Å²) < 4.78 is 10.6. The molecule has 0 spiro atoms. The van der Waals surface area contributed by atoms with Crippen LogP contribution < -0.4 is 0 Å². The summed E-state index contributed by atoms with van der Waals surface area (Å²) in [5.41, 5.74) is 0. The summed E-state index contributed by atoms with van der Waals surface area (Å²) in [5.74, 6) is 1.13. The number of likely N-dealkylation sites (tertiary alicyclic amines) is 1. The fourth-order valence-electron chi connectivity index (χ4n) is 3.36. The molecular formula is C15H22N2O3. The number of hydrogen-bond donors (Lipinski definition) is 0. The van der Waals surface area contributed by atoms with Gasteiger partial charge in [0, 0.05) is 32.3 Å². The van der Waals surface area contributed by atoms with Crippen molar-refractivity contribution < 1.29 is 13.9 Å². The Morgan fingerprint density at radius 3 is 2.95 bits per heavy atom. The van der Waals surface area contributed by atoms with E-state index < -0.39 is 0 Å². The Hall–Kier alpha value is -1.33. The minimum absolute atomic E-state index is 0.00769. The van der Waals surface area contributed by atoms with Crippen molar-refractivity contribution in [3.8, 4) is 0 Å². The van der Waals surface area contributed by atoms with Gasteiger partial charge in [0.05, 0.1) is 0 Å². The molecule has 0 radical (unpaired) electrons. The number of nitrogens with zero attached hydrogens (tertiary/aromatic N) is 2. The van der Waals surface area contributed by atoms with E-state index in [9.17, 15) is 4.79 Å². The number of furan rings is 1. The van der Waals surface area contributed by atoms with E-state index in [1.165, 1.54) is 12.8 Å². The number of amides is 1. The van der Waals surface area contributed by atoms with E-state index in [1.807, 2.05) is 11.0 Å². The second kappa shape index (κ2) is 5.58. The molecule has 1 aromatic heterocycles. The zero-order valence-electron chi connectivity index (χ0n) is 12.2. The van der Waals surface area contributed by atoms with E-state index in [0.717, 1.165) is 19.5 Å². The van der Waals surface area contributed by atoms with Gasteiger partial charge in [-0.05, 0) is 38.4 Å². The zero-order chi connectivity index (χ0) is 14.1. The van der Waals surface area contributed by atoms with Gasteiger partial charge in [-0.1, -0.05) is 0 Å². The van der Waals surface area contributed by atoms with Crippen molar-refractivity contribution in [2.45, 2.75) is 38.0 Å². The molecule has 20 heavy (non-hydrogen) atoms. The van der Waals surface area contributed by atoms with E-state index in [-0.39, 0.29) is 5.91 Å². The number of carbonyl (C=O) groups excluding carboxylic acids is 1. The number of methoxy groups -OCH3 is 1. The molecule has 2 fully saturated rings. The molecule has 0 aromatic carbocycles. The molecule has 2 saturated heterocycles. The van der Waals surface area contributed by atoms with Crippen LogP contribution in [0.5, 0.6) is 0 Å². The molecule has 2 atom stereocenters. The summed E-state index contributed by atoms with van der Waals surface area (Å²) in [7, 11) is 3.80. The van der Waals surface area contributed by atoms with E-state index >= 15 is 0 Å². The first kappa shape index (κ1) is 13.6. The Morgan fingerprint density at radius 1 is 1.35 bits per heavy atom. The molecule has 1 amide bonds. The van der Waals surface area contributed by atoms with Crippen LogP contribution in [0.25, 0.3) is 0 Å². The monoisotopic (exact) mass is 278 g/mol. The molecule has 3 rings (SSSR count). The van der Waals surface area contributed by atoms with Gasteiger partial charge in [-0.25, -0.2) is 0 Å². The van der Waals surface area contributed by atoms with E-state index in [4.69, 9.17) is 9.15 Å². The quantitative estimate of drug-likeness (QED) is 0.845. The van der Waals surface area contributed by atoms with Crippen molar-refractivity contribution in [2.75, 3.05) is 27.2 Å². The molecule has 2 aliphatic rings. The van der Waals surface area contributed by atoms with Gasteiger partial charge < -0.3 is 14.1 Å². The Morgan fingerprint density at radius 2 is 2.15 bits per heavy atom. The lowest BCUT2D eigenvalue weighted by Gasteiger charge is -2.25. The van der Waals surface area contributed by atoms with Gasteiger partial charge >= 0.3 is 0 Å². The molecule has 2 aliphatic heterocycles. The number of hydrogen-bond acceptors (Lipinski definition) is 4. The molecule has 5 heteroatoms. The summed E-state index contributed by atoms with van der Waals surface area (Å²) in [6.45, 7) is 2.04. The second-order valence-electron chi connectivity index (χ2n) is 5.79. The van der Waals surface area contributed by atoms with Crippen molar-refractivity contribution in [2.24, 2.45) is 0 Å². The van der Waals surface area contributed by atoms with E-state index in [0.29, 0.717) is 30.2 Å². The summed E-state index contributed by atoms with van der Waals surface area (Å²) >= 11 is 0. The van der Waals surface area contributed by atoms with Gasteiger partial charge in [0.15, 0.2) is 5.76 Å². The molecule has 0 N–H and O–H groups in total. The van der Waals surface area contributed by atoms with Gasteiger partial charge in [0.2, 0.25) is 0 Å². The van der Waals surface area contributed by atoms with Crippen LogP contribution in [-0.2, 0) is 11.3 Å². The zero-order valence-corrected chi connectivity index (χ0v) is 12.2. The lowest BCUT2D eigenvalue weighted by Crippen LogP contribution is -2.39. The van der Waals surface area contributed by atoms with Crippen LogP contribution in [0.2, 0.25) is 0 Å². The smallest absolute Gasteiger partial charge is 0.289 e. The van der Waals surface area contributed by atoms with Crippen molar-refractivity contribution in [1.82, 2.24) is 9.80 Å². The highest BCUT2D eigenvalue weighted by Gasteiger charge is 2.36. The molecule has 0 aliphatic carbocycles. The Bertz CT molecular complexity index is 485. The van der Waals surface area contributed by atoms with Crippen molar-refractivity contribution in [1.29, 1.82) is 0 Å². The molecule has 0 saturated carbocycles. The standard InChI is InChI=1S/C15H22N2O3/c1-16-11-3-4-12(16)9-17(8-7-11)15(18)14-6-5-13(20-14)10-19-2/h5-6,11-12H,3-4,7-10H2,1-2H3/t11-,12+/m1/s1. The maximum atomic E-state index is 12.5. The largest absolute Gasteiger partial charge is 0.453 e. The summed E-state index contributed by atoms with van der Waals surface area (Å²) in [5, 5.41) is 0. The van der Waals surface area contributed by atoms with Crippen LogP contribution in [0.15, 0.2) is 16.5 Å². The van der Waals surface area contributed by atoms with Crippen LogP contribution in [-0.4, -0.2) is 55.0 Å². The Balaban J connectivity index is 1.70. The summed E-state index contributed by atoms with van der Waals surface area (Å²) in [6.07, 6.45) is 3.52. The lowest BCUT2D eigenvalue weighted by atomic mass is 10.1. The lowest BCUT2D eigenvalue weighted by molar-refractivity contribution is 0.0700. The third kappa shape index (κ3) is 2.47. The Labute approximate surface area is 119 Å². The highest BCUT2D eigenvalue weighted by molar-refractivity contribution is 5.91. The van der Waals surface area contributed by atoms with Crippen LogP contribution >= 0.6 is 0 Å². The molecule has 1 aromatic rings. The number of carbonyl (C=O) groups is 1. The highest BCUT2D eigenvalue weighted by atomic mass is 16.5. The van der Waals surface area contributed by atoms with Gasteiger partial charge in [-0.3, -0.25) is 9.69 Å². The SMILES string of the molecule is COCc1ccc(C(=O)N2CC[C@H]3CC[C@@H](C2)N3C)o1. The minimum Gasteiger partial charge on any atom is -0.453 e. The maximum absolute atomic E-state index is 12.5. The maximum Gasteiger partial charge on any atom is 0.289 e. The Kier molecular flexibility index (Phi) is 3.81. The molecule has 2 bridgehead atoms. The average molecular weight is 278 g/mol. The first-order chi connectivity index (χ1) is 9.69. The fraction of sp³-hybridized carbons (Fsp3) is 0.667. The van der Waals surface area contributed by atoms with Gasteiger partial charge in [0.25, 0.3) is 5.91 Å². The molecular weight excluding hydrogens is 256 g/mol. The molecule has 110 valence electrons. The van der Waals surface area contributed by atoms with Crippen LogP contribution in [0.3, 0.4) is 0 Å². The van der Waals surface area contributed by atoms with Gasteiger partial charge in [-0.15, -0.1) is 0 Å². The normalized spacial score (nSPS) is 26.8. The number of fused-ring (bicyclic) bond motifs is 2. The van der Waals surface area contributed by atoms with Gasteiger partial charge in [0.1, 0.15) is 12.4 Å². The summed E-state index contributed by atoms with van der Waals surface area (Å²) in [4.78, 5) is 16.9. The van der Waals surface area contributed by atoms with Crippen molar-refractivity contribution in [3.05, 3.63) is 23.7 Å². The molecule has 3 heterocycles. The van der Waals surface area contributed by atoms with Crippen LogP contribution in [0.1, 0.15) is 35.6 Å². The van der Waals surface area contributed by atoms with E-state index in [2.05, 4.69) is 11.9 Å². The number of rotatable bonds is 3. The molecule has 5 nitrogen and oxygen atoms in total. The average Bonchev–Trinajstić information content (AvgIpc) is 2.96. The summed E-state index contributed by atoms with van der Waals surface area (Å²) in [6, 6.07) is 4.70. The van der Waals surface area contributed by atoms with Crippen molar-refractivity contribution >= 4 is 5.91 Å². The first-order valence-corrected chi connectivity index (χ1v) is 7.28. The highest BCUT2D eigenvalue weighted by Crippen LogP contribution is 2.29. The third-order valence-electron chi connectivity index (χ3n) is 4.59. The van der Waals surface area contributed by atoms with Crippen LogP contribution in [0.4, 0.5) is 0 Å². The number of likely N-dealkylation sites (N-methyl/N-ethyl adjacent to an activating group) is 1. The first-order valence-electron chi connectivity index (χ1n) is 7.28. The fourth-order valence-corrected chi connectivity index (χ4v) is 3.36. The van der Waals surface area contributed by atoms with E-state index in [1.54, 1.807) is 13.2 Å². The van der Waals surface area contributed by atoms with Crippen molar-refractivity contribution in [3.63, 3.8) is 0 Å².